The lowest BCUT2D eigenvalue weighted by Gasteiger charge is -2.36. The molecule has 0 unspecified atom stereocenters. The zero-order valence-corrected chi connectivity index (χ0v) is 22.0. The molecule has 8 nitrogen and oxygen atoms in total. The summed E-state index contributed by atoms with van der Waals surface area (Å²) in [6.07, 6.45) is 1.37. The molecule has 4 rings (SSSR count). The van der Waals surface area contributed by atoms with Crippen LogP contribution < -0.4 is 19.3 Å². The van der Waals surface area contributed by atoms with E-state index in [-0.39, 0.29) is 10.8 Å². The predicted molar refractivity (Wildman–Crippen MR) is 137 cm³/mol. The van der Waals surface area contributed by atoms with Gasteiger partial charge in [-0.2, -0.15) is 0 Å². The zero-order chi connectivity index (χ0) is 24.3. The second-order valence-corrected chi connectivity index (χ2v) is 11.3. The summed E-state index contributed by atoms with van der Waals surface area (Å²) < 4.78 is 34.9. The number of piperazine rings is 1. The highest BCUT2D eigenvalue weighted by molar-refractivity contribution is 9.10. The fourth-order valence-electron chi connectivity index (χ4n) is 4.60. The highest BCUT2D eigenvalue weighted by Crippen LogP contribution is 2.37. The van der Waals surface area contributed by atoms with Crippen LogP contribution in [-0.4, -0.2) is 72.1 Å². The summed E-state index contributed by atoms with van der Waals surface area (Å²) >= 11 is 3.42. The molecule has 2 aromatic rings. The van der Waals surface area contributed by atoms with Gasteiger partial charge < -0.3 is 14.5 Å². The van der Waals surface area contributed by atoms with Gasteiger partial charge in [0.25, 0.3) is 0 Å². The molecule has 0 aliphatic carbocycles. The highest BCUT2D eigenvalue weighted by atomic mass is 79.9. The maximum Gasteiger partial charge on any atom is 0.242 e. The average Bonchev–Trinajstić information content (AvgIpc) is 3.26. The quantitative estimate of drug-likeness (QED) is 0.509. The number of anilines is 2. The Bertz CT molecular complexity index is 1130. The van der Waals surface area contributed by atoms with E-state index in [2.05, 4.69) is 42.6 Å². The minimum Gasteiger partial charge on any atom is -0.497 e. The molecule has 2 aromatic carbocycles. The van der Waals surface area contributed by atoms with Crippen LogP contribution >= 0.6 is 15.9 Å². The van der Waals surface area contributed by atoms with Gasteiger partial charge in [-0.3, -0.25) is 9.69 Å². The molecule has 0 atom stereocenters. The van der Waals surface area contributed by atoms with Crippen molar-refractivity contribution in [2.24, 2.45) is 0 Å². The van der Waals surface area contributed by atoms with Crippen LogP contribution in [0.5, 0.6) is 5.75 Å². The summed E-state index contributed by atoms with van der Waals surface area (Å²) in [6, 6.07) is 11.6. The first kappa shape index (κ1) is 25.0. The first-order valence-corrected chi connectivity index (χ1v) is 13.8. The molecule has 0 spiro atoms. The number of halogens is 1. The number of carbonyl (C=O) groups is 1. The van der Waals surface area contributed by atoms with Gasteiger partial charge in [0.1, 0.15) is 10.6 Å². The third-order valence-corrected chi connectivity index (χ3v) is 8.35. The van der Waals surface area contributed by atoms with E-state index >= 15 is 0 Å². The van der Waals surface area contributed by atoms with E-state index in [1.807, 2.05) is 18.2 Å². The number of ether oxygens (including phenoxy) is 1. The molecular weight excluding hydrogens is 520 g/mol. The Morgan fingerprint density at radius 2 is 1.79 bits per heavy atom. The van der Waals surface area contributed by atoms with Crippen LogP contribution in [0.2, 0.25) is 0 Å². The van der Waals surface area contributed by atoms with Crippen LogP contribution in [0, 0.1) is 0 Å². The van der Waals surface area contributed by atoms with Gasteiger partial charge in [-0.1, -0.05) is 15.9 Å². The lowest BCUT2D eigenvalue weighted by Crippen LogP contribution is -2.47. The number of rotatable bonds is 8. The number of nitrogens with one attached hydrogen (secondary N) is 1. The van der Waals surface area contributed by atoms with Crippen LogP contribution in [0.4, 0.5) is 11.4 Å². The van der Waals surface area contributed by atoms with Gasteiger partial charge in [0, 0.05) is 56.4 Å². The Balaban J connectivity index is 1.29. The van der Waals surface area contributed by atoms with Crippen molar-refractivity contribution in [3.63, 3.8) is 0 Å². The topological polar surface area (TPSA) is 82.2 Å². The Hall–Kier alpha value is -2.14. The van der Waals surface area contributed by atoms with Crippen molar-refractivity contribution in [3.05, 3.63) is 46.4 Å². The Morgan fingerprint density at radius 1 is 1.09 bits per heavy atom. The molecule has 1 fully saturated rings. The third kappa shape index (κ3) is 5.56. The molecule has 0 saturated carbocycles. The number of fused-ring (bicyclic) bond motifs is 1. The van der Waals surface area contributed by atoms with Gasteiger partial charge in [-0.15, -0.1) is 0 Å². The molecule has 34 heavy (non-hydrogen) atoms. The van der Waals surface area contributed by atoms with E-state index in [1.165, 1.54) is 12.6 Å². The number of carbonyl (C=O) groups excluding carboxylic acids is 1. The summed E-state index contributed by atoms with van der Waals surface area (Å²) in [5.74, 6) is 0.706. The maximum atomic E-state index is 13.1. The Labute approximate surface area is 210 Å². The zero-order valence-electron chi connectivity index (χ0n) is 19.6. The van der Waals surface area contributed by atoms with Crippen LogP contribution in [0.1, 0.15) is 18.9 Å². The number of nitrogens with zero attached hydrogens (tertiary/aromatic N) is 3. The van der Waals surface area contributed by atoms with Crippen molar-refractivity contribution in [1.29, 1.82) is 0 Å². The van der Waals surface area contributed by atoms with Crippen LogP contribution in [-0.2, 0) is 21.2 Å². The van der Waals surface area contributed by atoms with Gasteiger partial charge in [-0.05, 0) is 61.3 Å². The van der Waals surface area contributed by atoms with E-state index in [0.717, 1.165) is 44.0 Å². The molecule has 2 aliphatic rings. The monoisotopic (exact) mass is 550 g/mol. The van der Waals surface area contributed by atoms with E-state index in [4.69, 9.17) is 4.74 Å². The van der Waals surface area contributed by atoms with E-state index in [1.54, 1.807) is 18.1 Å². The van der Waals surface area contributed by atoms with Gasteiger partial charge >= 0.3 is 0 Å². The van der Waals surface area contributed by atoms with Crippen molar-refractivity contribution in [2.75, 3.05) is 62.7 Å². The van der Waals surface area contributed by atoms with Crippen LogP contribution in [0.3, 0.4) is 0 Å². The van der Waals surface area contributed by atoms with Crippen molar-refractivity contribution in [1.82, 2.24) is 9.62 Å². The number of benzene rings is 2. The number of amides is 1. The summed E-state index contributed by atoms with van der Waals surface area (Å²) in [5.41, 5.74) is 2.58. The Morgan fingerprint density at radius 3 is 2.44 bits per heavy atom. The second-order valence-electron chi connectivity index (χ2n) is 8.61. The molecule has 0 aromatic heterocycles. The van der Waals surface area contributed by atoms with Crippen molar-refractivity contribution < 1.29 is 17.9 Å². The van der Waals surface area contributed by atoms with E-state index in [0.29, 0.717) is 36.1 Å². The van der Waals surface area contributed by atoms with E-state index in [9.17, 15) is 13.2 Å². The number of hydrogen-bond donors (Lipinski definition) is 1. The molecule has 0 radical (unpaired) electrons. The normalized spacial score (nSPS) is 16.6. The third-order valence-electron chi connectivity index (χ3n) is 6.42. The van der Waals surface area contributed by atoms with Crippen molar-refractivity contribution >= 4 is 43.2 Å². The van der Waals surface area contributed by atoms with Crippen molar-refractivity contribution in [3.8, 4) is 5.75 Å². The standard InChI is InChI=1S/C24H31BrN4O4S/c1-18(30)29-11-8-19-16-20(25)17-23(24(19)29)34(31,32)26-9-3-10-27-12-14-28(15-13-27)21-4-6-22(33-2)7-5-21/h4-7,16-17,26H,3,8-15H2,1-2H3. The van der Waals surface area contributed by atoms with Gasteiger partial charge in [0.2, 0.25) is 15.9 Å². The van der Waals surface area contributed by atoms with Gasteiger partial charge in [0.15, 0.2) is 0 Å². The summed E-state index contributed by atoms with van der Waals surface area (Å²) in [4.78, 5) is 18.5. The van der Waals surface area contributed by atoms with Gasteiger partial charge in [-0.25, -0.2) is 13.1 Å². The molecule has 184 valence electrons. The molecule has 0 bridgehead atoms. The largest absolute Gasteiger partial charge is 0.497 e. The van der Waals surface area contributed by atoms with Crippen LogP contribution in [0.15, 0.2) is 45.8 Å². The maximum absolute atomic E-state index is 13.1. The van der Waals surface area contributed by atoms with Crippen molar-refractivity contribution in [2.45, 2.75) is 24.7 Å². The summed E-state index contributed by atoms with van der Waals surface area (Å²) in [5, 5.41) is 0. The first-order valence-electron chi connectivity index (χ1n) is 11.5. The number of hydrogen-bond acceptors (Lipinski definition) is 6. The summed E-state index contributed by atoms with van der Waals surface area (Å²) in [7, 11) is -2.07. The highest BCUT2D eigenvalue weighted by Gasteiger charge is 2.31. The Kier molecular flexibility index (Phi) is 7.81. The molecule has 1 amide bonds. The van der Waals surface area contributed by atoms with E-state index < -0.39 is 10.0 Å². The average molecular weight is 552 g/mol. The second kappa shape index (κ2) is 10.6. The molecule has 2 heterocycles. The lowest BCUT2D eigenvalue weighted by molar-refractivity contribution is -0.116. The SMILES string of the molecule is COc1ccc(N2CCN(CCCNS(=O)(=O)c3cc(Br)cc4c3N(C(C)=O)CC4)CC2)cc1. The fourth-order valence-corrected chi connectivity index (χ4v) is 6.60. The van der Waals surface area contributed by atoms with Gasteiger partial charge in [0.05, 0.1) is 12.8 Å². The fraction of sp³-hybridized carbons (Fsp3) is 0.458. The molecular formula is C24H31BrN4O4S. The number of sulfonamides is 1. The molecule has 2 aliphatic heterocycles. The number of methoxy groups -OCH3 is 1. The minimum atomic E-state index is -3.74. The predicted octanol–water partition coefficient (Wildman–Crippen LogP) is 2.86. The first-order chi connectivity index (χ1) is 16.3. The van der Waals surface area contributed by atoms with Crippen LogP contribution in [0.25, 0.3) is 0 Å². The molecule has 10 heteroatoms. The molecule has 1 N–H and O–H groups in total. The molecule has 1 saturated heterocycles. The lowest BCUT2D eigenvalue weighted by atomic mass is 10.2. The summed E-state index contributed by atoms with van der Waals surface area (Å²) in [6.45, 7) is 6.89. The minimum absolute atomic E-state index is 0.147. The smallest absolute Gasteiger partial charge is 0.242 e.